The SMILES string of the molecule is O=C1CCCN(C(=O)c2ccc(Cl)cc2)c2ccccc21. The lowest BCUT2D eigenvalue weighted by atomic mass is 10.1. The van der Waals surface area contributed by atoms with Crippen LogP contribution in [0.4, 0.5) is 5.69 Å². The Hall–Kier alpha value is -2.13. The Balaban J connectivity index is 2.01. The van der Waals surface area contributed by atoms with Gasteiger partial charge in [-0.25, -0.2) is 0 Å². The molecular formula is C17H14ClNO2. The topological polar surface area (TPSA) is 37.4 Å². The Labute approximate surface area is 128 Å². The number of carbonyl (C=O) groups excluding carboxylic acids is 2. The zero-order chi connectivity index (χ0) is 14.8. The van der Waals surface area contributed by atoms with Crippen molar-refractivity contribution < 1.29 is 9.59 Å². The molecule has 1 aliphatic heterocycles. The molecule has 0 N–H and O–H groups in total. The maximum Gasteiger partial charge on any atom is 0.258 e. The number of anilines is 1. The number of halogens is 1. The summed E-state index contributed by atoms with van der Waals surface area (Å²) in [7, 11) is 0. The molecule has 0 saturated heterocycles. The third-order valence-corrected chi connectivity index (χ3v) is 3.87. The van der Waals surface area contributed by atoms with Gasteiger partial charge in [0.05, 0.1) is 5.69 Å². The number of carbonyl (C=O) groups is 2. The highest BCUT2D eigenvalue weighted by Crippen LogP contribution is 2.27. The molecule has 0 spiro atoms. The second-order valence-electron chi connectivity index (χ2n) is 5.01. The quantitative estimate of drug-likeness (QED) is 0.799. The van der Waals surface area contributed by atoms with Gasteiger partial charge < -0.3 is 4.90 Å². The van der Waals surface area contributed by atoms with E-state index >= 15 is 0 Å². The zero-order valence-electron chi connectivity index (χ0n) is 11.4. The first-order chi connectivity index (χ1) is 10.2. The number of hydrogen-bond donors (Lipinski definition) is 0. The third kappa shape index (κ3) is 2.69. The van der Waals surface area contributed by atoms with Crippen molar-refractivity contribution in [3.63, 3.8) is 0 Å². The predicted octanol–water partition coefficient (Wildman–Crippen LogP) is 3.96. The van der Waals surface area contributed by atoms with E-state index in [1.807, 2.05) is 18.2 Å². The largest absolute Gasteiger partial charge is 0.308 e. The summed E-state index contributed by atoms with van der Waals surface area (Å²) in [4.78, 5) is 26.5. The van der Waals surface area contributed by atoms with E-state index < -0.39 is 0 Å². The summed E-state index contributed by atoms with van der Waals surface area (Å²) < 4.78 is 0. The van der Waals surface area contributed by atoms with Gasteiger partial charge in [-0.1, -0.05) is 23.7 Å². The highest BCUT2D eigenvalue weighted by molar-refractivity contribution is 6.30. The van der Waals surface area contributed by atoms with Gasteiger partial charge >= 0.3 is 0 Å². The molecule has 0 aliphatic carbocycles. The van der Waals surface area contributed by atoms with Crippen LogP contribution in [0.3, 0.4) is 0 Å². The Kier molecular flexibility index (Phi) is 3.76. The van der Waals surface area contributed by atoms with Crippen molar-refractivity contribution >= 4 is 29.0 Å². The molecule has 4 heteroatoms. The van der Waals surface area contributed by atoms with E-state index in [0.717, 1.165) is 0 Å². The lowest BCUT2D eigenvalue weighted by molar-refractivity contribution is 0.0974. The van der Waals surface area contributed by atoms with E-state index in [1.165, 1.54) is 0 Å². The summed E-state index contributed by atoms with van der Waals surface area (Å²) in [6.07, 6.45) is 1.15. The van der Waals surface area contributed by atoms with Crippen LogP contribution in [0.1, 0.15) is 33.6 Å². The van der Waals surface area contributed by atoms with Crippen LogP contribution in [-0.2, 0) is 0 Å². The van der Waals surface area contributed by atoms with E-state index in [9.17, 15) is 9.59 Å². The molecule has 3 nitrogen and oxygen atoms in total. The fourth-order valence-corrected chi connectivity index (χ4v) is 2.68. The molecule has 0 saturated carbocycles. The van der Waals surface area contributed by atoms with Gasteiger partial charge in [-0.15, -0.1) is 0 Å². The van der Waals surface area contributed by atoms with Crippen molar-refractivity contribution in [1.29, 1.82) is 0 Å². The first kappa shape index (κ1) is 13.8. The first-order valence-corrected chi connectivity index (χ1v) is 7.24. The molecule has 3 rings (SSSR count). The van der Waals surface area contributed by atoms with E-state index in [0.29, 0.717) is 41.2 Å². The number of rotatable bonds is 1. The van der Waals surface area contributed by atoms with Crippen LogP contribution < -0.4 is 4.90 Å². The minimum absolute atomic E-state index is 0.0945. The molecule has 0 aromatic heterocycles. The molecule has 1 heterocycles. The normalized spacial score (nSPS) is 14.5. The maximum atomic E-state index is 12.7. The summed E-state index contributed by atoms with van der Waals surface area (Å²) in [6, 6.07) is 14.1. The number of para-hydroxylation sites is 1. The fraction of sp³-hybridized carbons (Fsp3) is 0.176. The molecule has 1 amide bonds. The maximum absolute atomic E-state index is 12.7. The van der Waals surface area contributed by atoms with Crippen molar-refractivity contribution in [2.45, 2.75) is 12.8 Å². The van der Waals surface area contributed by atoms with Crippen LogP contribution in [0.25, 0.3) is 0 Å². The van der Waals surface area contributed by atoms with Crippen LogP contribution in [0.2, 0.25) is 5.02 Å². The molecule has 21 heavy (non-hydrogen) atoms. The van der Waals surface area contributed by atoms with Gasteiger partial charge in [-0.05, 0) is 42.8 Å². The van der Waals surface area contributed by atoms with Crippen LogP contribution in [-0.4, -0.2) is 18.2 Å². The monoisotopic (exact) mass is 299 g/mol. The number of hydrogen-bond acceptors (Lipinski definition) is 2. The molecule has 0 bridgehead atoms. The van der Waals surface area contributed by atoms with Crippen molar-refractivity contribution in [2.75, 3.05) is 11.4 Å². The minimum atomic E-state index is -0.103. The number of nitrogens with zero attached hydrogens (tertiary/aromatic N) is 1. The molecule has 2 aromatic rings. The zero-order valence-corrected chi connectivity index (χ0v) is 12.1. The van der Waals surface area contributed by atoms with Gasteiger partial charge in [0.25, 0.3) is 5.91 Å². The lowest BCUT2D eigenvalue weighted by Crippen LogP contribution is -2.31. The molecule has 0 atom stereocenters. The lowest BCUT2D eigenvalue weighted by Gasteiger charge is -2.22. The van der Waals surface area contributed by atoms with Crippen molar-refractivity contribution in [2.24, 2.45) is 0 Å². The highest BCUT2D eigenvalue weighted by atomic mass is 35.5. The summed E-state index contributed by atoms with van der Waals surface area (Å²) in [5.74, 6) is -0.00850. The highest BCUT2D eigenvalue weighted by Gasteiger charge is 2.25. The number of fused-ring (bicyclic) bond motifs is 1. The van der Waals surface area contributed by atoms with Gasteiger partial charge in [0, 0.05) is 29.1 Å². The first-order valence-electron chi connectivity index (χ1n) is 6.86. The Bertz CT molecular complexity index is 694. The van der Waals surface area contributed by atoms with E-state index in [4.69, 9.17) is 11.6 Å². The standard InChI is InChI=1S/C17H14ClNO2/c18-13-9-7-12(8-10-13)17(21)19-11-3-6-16(20)14-4-1-2-5-15(14)19/h1-2,4-5,7-10H,3,6,11H2. The summed E-state index contributed by atoms with van der Waals surface area (Å²) in [6.45, 7) is 0.546. The Morgan fingerprint density at radius 2 is 1.76 bits per heavy atom. The van der Waals surface area contributed by atoms with E-state index in [2.05, 4.69) is 0 Å². The number of Topliss-reactive ketones (excluding diaryl/α,β-unsaturated/α-hetero) is 1. The van der Waals surface area contributed by atoms with Crippen molar-refractivity contribution in [1.82, 2.24) is 0 Å². The van der Waals surface area contributed by atoms with Gasteiger partial charge in [-0.3, -0.25) is 9.59 Å². The number of amides is 1. The molecule has 2 aromatic carbocycles. The second-order valence-corrected chi connectivity index (χ2v) is 5.44. The van der Waals surface area contributed by atoms with Crippen LogP contribution in [0, 0.1) is 0 Å². The van der Waals surface area contributed by atoms with E-state index in [-0.39, 0.29) is 11.7 Å². The molecule has 0 radical (unpaired) electrons. The minimum Gasteiger partial charge on any atom is -0.308 e. The smallest absolute Gasteiger partial charge is 0.258 e. The molecule has 106 valence electrons. The van der Waals surface area contributed by atoms with E-state index in [1.54, 1.807) is 35.2 Å². The summed E-state index contributed by atoms with van der Waals surface area (Å²) in [5, 5.41) is 0.595. The van der Waals surface area contributed by atoms with Gasteiger partial charge in [0.1, 0.15) is 0 Å². The average Bonchev–Trinajstić information content (AvgIpc) is 2.67. The van der Waals surface area contributed by atoms with Gasteiger partial charge in [0.15, 0.2) is 5.78 Å². The molecule has 1 aliphatic rings. The molecule has 0 unspecified atom stereocenters. The Morgan fingerprint density at radius 3 is 2.52 bits per heavy atom. The van der Waals surface area contributed by atoms with Gasteiger partial charge in [-0.2, -0.15) is 0 Å². The summed E-state index contributed by atoms with van der Waals surface area (Å²) in [5.41, 5.74) is 1.89. The Morgan fingerprint density at radius 1 is 1.05 bits per heavy atom. The number of ketones is 1. The van der Waals surface area contributed by atoms with Gasteiger partial charge in [0.2, 0.25) is 0 Å². The van der Waals surface area contributed by atoms with Crippen molar-refractivity contribution in [3.8, 4) is 0 Å². The predicted molar refractivity (Wildman–Crippen MR) is 83.1 cm³/mol. The number of benzene rings is 2. The third-order valence-electron chi connectivity index (χ3n) is 3.62. The van der Waals surface area contributed by atoms with Crippen LogP contribution >= 0.6 is 11.6 Å². The van der Waals surface area contributed by atoms with Crippen LogP contribution in [0.5, 0.6) is 0 Å². The molecule has 0 fully saturated rings. The fourth-order valence-electron chi connectivity index (χ4n) is 2.56. The summed E-state index contributed by atoms with van der Waals surface area (Å²) >= 11 is 5.86. The molecular weight excluding hydrogens is 286 g/mol. The van der Waals surface area contributed by atoms with Crippen molar-refractivity contribution in [3.05, 3.63) is 64.7 Å². The second kappa shape index (κ2) is 5.70. The van der Waals surface area contributed by atoms with Crippen LogP contribution in [0.15, 0.2) is 48.5 Å². The average molecular weight is 300 g/mol.